The number of carboxylic acids is 4. The lowest BCUT2D eigenvalue weighted by molar-refractivity contribution is -0.159. The number of fused-ring (bicyclic) bond motifs is 1. The second-order valence-electron chi connectivity index (χ2n) is 4.66. The smallest absolute Gasteiger partial charge is 0.414 e. The summed E-state index contributed by atoms with van der Waals surface area (Å²) in [6.07, 6.45) is 2.11. The molecule has 2 rings (SSSR count). The van der Waals surface area contributed by atoms with Crippen LogP contribution in [0, 0.1) is 0 Å². The van der Waals surface area contributed by atoms with Gasteiger partial charge in [-0.05, 0) is 17.5 Å². The van der Waals surface area contributed by atoms with Gasteiger partial charge in [-0.15, -0.1) is 0 Å². The Hall–Kier alpha value is -3.36. The van der Waals surface area contributed by atoms with E-state index in [0.29, 0.717) is 5.92 Å². The Morgan fingerprint density at radius 3 is 1.62 bits per heavy atom. The summed E-state index contributed by atoms with van der Waals surface area (Å²) < 4.78 is 0. The molecule has 2 aromatic rings. The molecule has 0 bridgehead atoms. The van der Waals surface area contributed by atoms with E-state index in [-0.39, 0.29) is 0 Å². The standard InChI is InChI=1S/C11H13N.2C2H2O4/c1-8(2)10-7-12-11-6-4-3-5-9(10)11;2*3-1(4)2(5)6/h3-8,12H,1-2H3;2*(H,3,4)(H,5,6). The molecule has 24 heavy (non-hydrogen) atoms. The van der Waals surface area contributed by atoms with Crippen LogP contribution in [-0.2, 0) is 19.2 Å². The van der Waals surface area contributed by atoms with Gasteiger partial charge in [-0.2, -0.15) is 0 Å². The molecule has 0 saturated heterocycles. The summed E-state index contributed by atoms with van der Waals surface area (Å²) in [5.74, 6) is -6.70. The largest absolute Gasteiger partial charge is 0.473 e. The molecule has 0 atom stereocenters. The van der Waals surface area contributed by atoms with Crippen LogP contribution in [-0.4, -0.2) is 49.3 Å². The summed E-state index contributed by atoms with van der Waals surface area (Å²) in [6.45, 7) is 4.44. The Labute approximate surface area is 136 Å². The van der Waals surface area contributed by atoms with Crippen LogP contribution >= 0.6 is 0 Å². The number of benzene rings is 1. The Balaban J connectivity index is 0.000000377. The fourth-order valence-corrected chi connectivity index (χ4v) is 1.57. The molecule has 0 unspecified atom stereocenters. The van der Waals surface area contributed by atoms with Crippen molar-refractivity contribution in [3.63, 3.8) is 0 Å². The number of aliphatic carboxylic acids is 4. The number of nitrogens with one attached hydrogen (secondary N) is 1. The molecular formula is C15H17NO8. The monoisotopic (exact) mass is 339 g/mol. The third kappa shape index (κ3) is 7.07. The van der Waals surface area contributed by atoms with Gasteiger partial charge in [-0.3, -0.25) is 0 Å². The van der Waals surface area contributed by atoms with Gasteiger partial charge in [0.05, 0.1) is 0 Å². The Bertz CT molecular complexity index is 684. The Morgan fingerprint density at radius 2 is 1.25 bits per heavy atom. The van der Waals surface area contributed by atoms with E-state index in [4.69, 9.17) is 39.6 Å². The Kier molecular flexibility index (Phi) is 8.27. The van der Waals surface area contributed by atoms with Crippen LogP contribution in [0.4, 0.5) is 0 Å². The number of hydrogen-bond acceptors (Lipinski definition) is 4. The van der Waals surface area contributed by atoms with E-state index in [9.17, 15) is 0 Å². The molecule has 1 heterocycles. The van der Waals surface area contributed by atoms with Gasteiger partial charge >= 0.3 is 23.9 Å². The van der Waals surface area contributed by atoms with E-state index in [2.05, 4.69) is 49.3 Å². The maximum absolute atomic E-state index is 9.10. The first-order valence-corrected chi connectivity index (χ1v) is 6.56. The molecular weight excluding hydrogens is 322 g/mol. The lowest BCUT2D eigenvalue weighted by atomic mass is 10.0. The third-order valence-electron chi connectivity index (χ3n) is 2.61. The molecule has 0 aliphatic heterocycles. The van der Waals surface area contributed by atoms with Crippen molar-refractivity contribution >= 4 is 34.8 Å². The van der Waals surface area contributed by atoms with Crippen molar-refractivity contribution in [1.82, 2.24) is 4.98 Å². The highest BCUT2D eigenvalue weighted by Crippen LogP contribution is 2.24. The molecule has 1 aromatic heterocycles. The number of carbonyl (C=O) groups is 4. The average molecular weight is 339 g/mol. The quantitative estimate of drug-likeness (QED) is 0.489. The molecule has 0 radical (unpaired) electrons. The lowest BCUT2D eigenvalue weighted by Crippen LogP contribution is -2.09. The molecule has 9 heteroatoms. The Morgan fingerprint density at radius 1 is 0.833 bits per heavy atom. The summed E-state index contributed by atoms with van der Waals surface area (Å²) in [4.78, 5) is 39.7. The number of para-hydroxylation sites is 1. The molecule has 9 nitrogen and oxygen atoms in total. The predicted octanol–water partition coefficient (Wildman–Crippen LogP) is 1.60. The minimum Gasteiger partial charge on any atom is -0.473 e. The van der Waals surface area contributed by atoms with Gasteiger partial charge in [0.25, 0.3) is 0 Å². The van der Waals surface area contributed by atoms with E-state index in [0.717, 1.165) is 0 Å². The number of aromatic nitrogens is 1. The van der Waals surface area contributed by atoms with E-state index in [1.54, 1.807) is 0 Å². The summed E-state index contributed by atoms with van der Waals surface area (Å²) in [6, 6.07) is 8.42. The highest BCUT2D eigenvalue weighted by molar-refractivity contribution is 6.27. The molecule has 5 N–H and O–H groups in total. The van der Waals surface area contributed by atoms with Crippen molar-refractivity contribution in [2.45, 2.75) is 19.8 Å². The predicted molar refractivity (Wildman–Crippen MR) is 82.9 cm³/mol. The topological polar surface area (TPSA) is 165 Å². The van der Waals surface area contributed by atoms with Crippen LogP contribution in [0.5, 0.6) is 0 Å². The zero-order valence-corrected chi connectivity index (χ0v) is 12.9. The van der Waals surface area contributed by atoms with Crippen molar-refractivity contribution in [3.8, 4) is 0 Å². The molecule has 0 aliphatic rings. The normalized spacial score (nSPS) is 9.29. The van der Waals surface area contributed by atoms with Crippen LogP contribution in [0.15, 0.2) is 30.5 Å². The number of hydrogen-bond donors (Lipinski definition) is 5. The van der Waals surface area contributed by atoms with Crippen molar-refractivity contribution < 1.29 is 39.6 Å². The van der Waals surface area contributed by atoms with E-state index < -0.39 is 23.9 Å². The highest BCUT2D eigenvalue weighted by Gasteiger charge is 2.05. The molecule has 0 fully saturated rings. The van der Waals surface area contributed by atoms with Gasteiger partial charge in [-0.25, -0.2) is 19.2 Å². The molecule has 1 aromatic carbocycles. The number of H-pyrrole nitrogens is 1. The van der Waals surface area contributed by atoms with Crippen molar-refractivity contribution in [3.05, 3.63) is 36.0 Å². The summed E-state index contributed by atoms with van der Waals surface area (Å²) in [5.41, 5.74) is 2.65. The van der Waals surface area contributed by atoms with Crippen LogP contribution in [0.2, 0.25) is 0 Å². The van der Waals surface area contributed by atoms with Crippen molar-refractivity contribution in [1.29, 1.82) is 0 Å². The van der Waals surface area contributed by atoms with Gasteiger partial charge in [0.15, 0.2) is 0 Å². The van der Waals surface area contributed by atoms with Crippen molar-refractivity contribution in [2.75, 3.05) is 0 Å². The minimum absolute atomic E-state index is 0.598. The van der Waals surface area contributed by atoms with Gasteiger partial charge in [0.2, 0.25) is 0 Å². The number of rotatable bonds is 1. The second-order valence-corrected chi connectivity index (χ2v) is 4.66. The summed E-state index contributed by atoms with van der Waals surface area (Å²) in [5, 5.41) is 30.9. The van der Waals surface area contributed by atoms with Crippen LogP contribution in [0.3, 0.4) is 0 Å². The second kappa shape index (κ2) is 9.62. The first-order chi connectivity index (χ1) is 11.1. The zero-order valence-electron chi connectivity index (χ0n) is 12.9. The van der Waals surface area contributed by atoms with E-state index in [1.807, 2.05) is 0 Å². The first kappa shape index (κ1) is 20.6. The third-order valence-corrected chi connectivity index (χ3v) is 2.61. The SMILES string of the molecule is CC(C)c1c[nH]c2ccccc12.O=C(O)C(=O)O.O=C(O)C(=O)O. The number of carboxylic acid groups (broad SMARTS) is 4. The average Bonchev–Trinajstić information content (AvgIpc) is 2.92. The van der Waals surface area contributed by atoms with Crippen LogP contribution in [0.25, 0.3) is 10.9 Å². The molecule has 0 aliphatic carbocycles. The lowest BCUT2D eigenvalue weighted by Gasteiger charge is -2.00. The molecule has 0 amide bonds. The van der Waals surface area contributed by atoms with Crippen LogP contribution < -0.4 is 0 Å². The number of aromatic amines is 1. The zero-order chi connectivity index (χ0) is 18.9. The van der Waals surface area contributed by atoms with E-state index >= 15 is 0 Å². The van der Waals surface area contributed by atoms with Gasteiger partial charge in [0, 0.05) is 17.1 Å². The molecule has 130 valence electrons. The van der Waals surface area contributed by atoms with E-state index in [1.165, 1.54) is 16.5 Å². The van der Waals surface area contributed by atoms with Gasteiger partial charge < -0.3 is 25.4 Å². The molecule has 0 spiro atoms. The fraction of sp³-hybridized carbons (Fsp3) is 0.200. The highest BCUT2D eigenvalue weighted by atomic mass is 16.4. The summed E-state index contributed by atoms with van der Waals surface area (Å²) >= 11 is 0. The minimum atomic E-state index is -1.82. The van der Waals surface area contributed by atoms with Gasteiger partial charge in [-0.1, -0.05) is 32.0 Å². The summed E-state index contributed by atoms with van der Waals surface area (Å²) in [7, 11) is 0. The fourth-order valence-electron chi connectivity index (χ4n) is 1.57. The van der Waals surface area contributed by atoms with Gasteiger partial charge in [0.1, 0.15) is 0 Å². The maximum Gasteiger partial charge on any atom is 0.414 e. The van der Waals surface area contributed by atoms with Crippen molar-refractivity contribution in [2.24, 2.45) is 0 Å². The molecule has 0 saturated carbocycles. The maximum atomic E-state index is 9.10. The first-order valence-electron chi connectivity index (χ1n) is 6.56. The van der Waals surface area contributed by atoms with Crippen LogP contribution in [0.1, 0.15) is 25.3 Å².